The molecular weight excluding hydrogens is 436 g/mol. The highest BCUT2D eigenvalue weighted by Crippen LogP contribution is 2.20. The highest BCUT2D eigenvalue weighted by Gasteiger charge is 2.12. The lowest BCUT2D eigenvalue weighted by molar-refractivity contribution is 0.103. The molecule has 0 aliphatic carbocycles. The Bertz CT molecular complexity index is 1170. The zero-order valence-corrected chi connectivity index (χ0v) is 17.2. The number of nitrogens with zero attached hydrogens (tertiary/aromatic N) is 4. The molecule has 10 heteroatoms. The second-order valence-electron chi connectivity index (χ2n) is 6.29. The van der Waals surface area contributed by atoms with Crippen molar-refractivity contribution in [1.82, 2.24) is 19.6 Å². The van der Waals surface area contributed by atoms with Gasteiger partial charge in [-0.2, -0.15) is 10.2 Å². The summed E-state index contributed by atoms with van der Waals surface area (Å²) in [5, 5.41) is 14.0. The highest BCUT2D eigenvalue weighted by molar-refractivity contribution is 7.12. The van der Waals surface area contributed by atoms with Gasteiger partial charge in [-0.15, -0.1) is 11.3 Å². The van der Waals surface area contributed by atoms with Gasteiger partial charge in [0.25, 0.3) is 5.91 Å². The number of carbonyl (C=O) groups is 1. The van der Waals surface area contributed by atoms with Gasteiger partial charge >= 0.3 is 0 Å². The van der Waals surface area contributed by atoms with Crippen molar-refractivity contribution in [3.8, 4) is 0 Å². The van der Waals surface area contributed by atoms with Crippen molar-refractivity contribution in [3.63, 3.8) is 0 Å². The molecule has 3 aromatic heterocycles. The summed E-state index contributed by atoms with van der Waals surface area (Å²) in [5.74, 6) is -0.614. The Balaban J connectivity index is 1.39. The van der Waals surface area contributed by atoms with E-state index in [1.807, 2.05) is 11.4 Å². The smallest absolute Gasteiger partial charge is 0.265 e. The lowest BCUT2D eigenvalue weighted by Crippen LogP contribution is -2.09. The number of halogens is 3. The van der Waals surface area contributed by atoms with Gasteiger partial charge in [0.1, 0.15) is 5.82 Å². The quantitative estimate of drug-likeness (QED) is 0.453. The number of nitrogens with one attached hydrogen (secondary N) is 1. The highest BCUT2D eigenvalue weighted by atomic mass is 35.5. The number of hydrogen-bond donors (Lipinski definition) is 1. The normalized spacial score (nSPS) is 11.0. The monoisotopic (exact) mass is 449 g/mol. The van der Waals surface area contributed by atoms with E-state index in [1.54, 1.807) is 40.2 Å². The van der Waals surface area contributed by atoms with Crippen LogP contribution in [0.3, 0.4) is 0 Å². The van der Waals surface area contributed by atoms with Gasteiger partial charge in [0, 0.05) is 17.4 Å². The third-order valence-corrected chi connectivity index (χ3v) is 5.59. The Kier molecular flexibility index (Phi) is 5.66. The fraction of sp³-hybridized carbons (Fsp3) is 0.105. The third kappa shape index (κ3) is 4.84. The first-order valence-electron chi connectivity index (χ1n) is 8.49. The molecule has 6 nitrogen and oxygen atoms in total. The van der Waals surface area contributed by atoms with Crippen LogP contribution in [0.25, 0.3) is 0 Å². The van der Waals surface area contributed by atoms with Crippen LogP contribution in [0.1, 0.15) is 20.8 Å². The number of thiophene rings is 1. The average molecular weight is 450 g/mol. The van der Waals surface area contributed by atoms with Gasteiger partial charge in [0.15, 0.2) is 0 Å². The number of hydrogen-bond acceptors (Lipinski definition) is 4. The molecule has 0 fully saturated rings. The summed E-state index contributed by atoms with van der Waals surface area (Å²) in [7, 11) is 0. The van der Waals surface area contributed by atoms with E-state index >= 15 is 0 Å². The van der Waals surface area contributed by atoms with Crippen LogP contribution < -0.4 is 5.32 Å². The molecule has 0 saturated heterocycles. The van der Waals surface area contributed by atoms with E-state index in [4.69, 9.17) is 23.2 Å². The minimum absolute atomic E-state index is 0.223. The summed E-state index contributed by atoms with van der Waals surface area (Å²) >= 11 is 13.3. The molecule has 0 radical (unpaired) electrons. The van der Waals surface area contributed by atoms with Gasteiger partial charge in [-0.25, -0.2) is 4.39 Å². The van der Waals surface area contributed by atoms with Crippen molar-refractivity contribution in [2.24, 2.45) is 0 Å². The Hall–Kier alpha value is -2.68. The first-order chi connectivity index (χ1) is 14.0. The van der Waals surface area contributed by atoms with Crippen LogP contribution >= 0.6 is 34.5 Å². The van der Waals surface area contributed by atoms with Gasteiger partial charge in [0.05, 0.1) is 41.1 Å². The SMILES string of the molecule is O=C(Nc1cnn(Cc2ccc(F)cc2Cl)c1)c1cc(Cn2cc(Cl)cn2)cs1. The van der Waals surface area contributed by atoms with Crippen molar-refractivity contribution < 1.29 is 9.18 Å². The van der Waals surface area contributed by atoms with Crippen LogP contribution in [0, 0.1) is 5.82 Å². The van der Waals surface area contributed by atoms with Crippen molar-refractivity contribution in [3.05, 3.63) is 86.3 Å². The molecule has 3 heterocycles. The van der Waals surface area contributed by atoms with E-state index in [-0.39, 0.29) is 5.91 Å². The molecule has 0 spiro atoms. The Morgan fingerprint density at radius 1 is 1.10 bits per heavy atom. The molecule has 0 unspecified atom stereocenters. The minimum atomic E-state index is -0.391. The predicted molar refractivity (Wildman–Crippen MR) is 111 cm³/mol. The number of carbonyl (C=O) groups excluding carboxylic acids is 1. The Morgan fingerprint density at radius 3 is 2.66 bits per heavy atom. The molecule has 0 bridgehead atoms. The molecule has 1 N–H and O–H groups in total. The van der Waals surface area contributed by atoms with Crippen LogP contribution in [0.2, 0.25) is 10.0 Å². The van der Waals surface area contributed by atoms with Crippen LogP contribution in [0.4, 0.5) is 10.1 Å². The lowest BCUT2D eigenvalue weighted by Gasteiger charge is -2.04. The molecule has 0 aliphatic heterocycles. The Morgan fingerprint density at radius 2 is 1.90 bits per heavy atom. The molecule has 1 aromatic carbocycles. The van der Waals surface area contributed by atoms with E-state index in [9.17, 15) is 9.18 Å². The molecule has 0 atom stereocenters. The van der Waals surface area contributed by atoms with Crippen LogP contribution in [-0.2, 0) is 13.1 Å². The lowest BCUT2D eigenvalue weighted by atomic mass is 10.2. The number of amides is 1. The first kappa shape index (κ1) is 19.6. The second kappa shape index (κ2) is 8.36. The number of benzene rings is 1. The van der Waals surface area contributed by atoms with Crippen molar-refractivity contribution in [1.29, 1.82) is 0 Å². The summed E-state index contributed by atoms with van der Waals surface area (Å²) in [6.07, 6.45) is 6.53. The summed E-state index contributed by atoms with van der Waals surface area (Å²) in [5.41, 5.74) is 2.25. The maximum atomic E-state index is 13.2. The van der Waals surface area contributed by atoms with Crippen molar-refractivity contribution >= 4 is 46.1 Å². The molecule has 29 heavy (non-hydrogen) atoms. The summed E-state index contributed by atoms with van der Waals surface area (Å²) in [6, 6.07) is 6.03. The second-order valence-corrected chi connectivity index (χ2v) is 8.05. The number of rotatable bonds is 6. The summed E-state index contributed by atoms with van der Waals surface area (Å²) in [4.78, 5) is 13.1. The average Bonchev–Trinajstić information content (AvgIpc) is 3.40. The van der Waals surface area contributed by atoms with E-state index < -0.39 is 5.82 Å². The van der Waals surface area contributed by atoms with Crippen molar-refractivity contribution in [2.75, 3.05) is 5.32 Å². The summed E-state index contributed by atoms with van der Waals surface area (Å²) < 4.78 is 16.5. The van der Waals surface area contributed by atoms with Gasteiger partial charge in [-0.05, 0) is 34.7 Å². The van der Waals surface area contributed by atoms with Gasteiger partial charge in [-0.1, -0.05) is 29.3 Å². The molecule has 0 saturated carbocycles. The molecule has 148 valence electrons. The minimum Gasteiger partial charge on any atom is -0.319 e. The molecular formula is C19H14Cl2FN5OS. The van der Waals surface area contributed by atoms with Crippen LogP contribution in [0.5, 0.6) is 0 Å². The van der Waals surface area contributed by atoms with Gasteiger partial charge in [-0.3, -0.25) is 14.2 Å². The number of aromatic nitrogens is 4. The van der Waals surface area contributed by atoms with E-state index in [2.05, 4.69) is 15.5 Å². The summed E-state index contributed by atoms with van der Waals surface area (Å²) in [6.45, 7) is 0.900. The number of anilines is 1. The van der Waals surface area contributed by atoms with E-state index in [0.717, 1.165) is 11.1 Å². The van der Waals surface area contributed by atoms with Gasteiger partial charge < -0.3 is 5.32 Å². The maximum Gasteiger partial charge on any atom is 0.265 e. The maximum absolute atomic E-state index is 13.2. The zero-order valence-electron chi connectivity index (χ0n) is 14.8. The topological polar surface area (TPSA) is 64.7 Å². The van der Waals surface area contributed by atoms with Crippen molar-refractivity contribution in [2.45, 2.75) is 13.1 Å². The van der Waals surface area contributed by atoms with Gasteiger partial charge in [0.2, 0.25) is 0 Å². The predicted octanol–water partition coefficient (Wildman–Crippen LogP) is 4.94. The zero-order chi connectivity index (χ0) is 20.4. The largest absolute Gasteiger partial charge is 0.319 e. The van der Waals surface area contributed by atoms with E-state index in [0.29, 0.717) is 33.7 Å². The fourth-order valence-corrected chi connectivity index (χ4v) is 3.90. The Labute approximate surface area is 179 Å². The molecule has 4 aromatic rings. The third-order valence-electron chi connectivity index (χ3n) is 4.06. The molecule has 0 aliphatic rings. The van der Waals surface area contributed by atoms with E-state index in [1.165, 1.54) is 23.5 Å². The standard InChI is InChI=1S/C19H14Cl2FN5OS/c20-14-5-23-26(9-14)7-12-3-18(29-11-12)19(28)25-16-6-24-27(10-16)8-13-1-2-15(22)4-17(13)21/h1-6,9-11H,7-8H2,(H,25,28). The fourth-order valence-electron chi connectivity index (χ4n) is 2.72. The van der Waals surface area contributed by atoms with Crippen LogP contribution in [0.15, 0.2) is 54.4 Å². The first-order valence-corrected chi connectivity index (χ1v) is 10.1. The molecule has 1 amide bonds. The molecule has 4 rings (SSSR count). The van der Waals surface area contributed by atoms with Crippen LogP contribution in [-0.4, -0.2) is 25.5 Å².